The summed E-state index contributed by atoms with van der Waals surface area (Å²) in [6, 6.07) is 0. The molecule has 0 aliphatic carbocycles. The van der Waals surface area contributed by atoms with Crippen molar-refractivity contribution in [2.45, 2.75) is 0 Å². The molecule has 5 heteroatoms. The smallest absolute Gasteiger partial charge is 0.278 e. The normalized spacial score (nSPS) is 10.6. The molecule has 0 atom stereocenters. The van der Waals surface area contributed by atoms with E-state index >= 15 is 0 Å². The van der Waals surface area contributed by atoms with E-state index < -0.39 is 0 Å². The lowest BCUT2D eigenvalue weighted by Gasteiger charge is -1.92. The van der Waals surface area contributed by atoms with Crippen molar-refractivity contribution in [3.05, 3.63) is 22.9 Å². The second-order valence-electron chi connectivity index (χ2n) is 2.29. The van der Waals surface area contributed by atoms with Gasteiger partial charge < -0.3 is 4.57 Å². The molecule has 2 aromatic heterocycles. The Labute approximate surface area is 61.7 Å². The SMILES string of the molecule is Cn1cnc2cn[nH]c2c1=O. The third-order valence-corrected chi connectivity index (χ3v) is 1.52. The highest BCUT2D eigenvalue weighted by Crippen LogP contribution is 1.97. The molecule has 5 nitrogen and oxygen atoms in total. The second-order valence-corrected chi connectivity index (χ2v) is 2.29. The van der Waals surface area contributed by atoms with Crippen LogP contribution in [0.1, 0.15) is 0 Å². The third-order valence-electron chi connectivity index (χ3n) is 1.52. The zero-order valence-corrected chi connectivity index (χ0v) is 5.90. The Morgan fingerprint density at radius 1 is 1.64 bits per heavy atom. The third kappa shape index (κ3) is 0.739. The topological polar surface area (TPSA) is 63.6 Å². The van der Waals surface area contributed by atoms with Gasteiger partial charge in [0.2, 0.25) is 0 Å². The summed E-state index contributed by atoms with van der Waals surface area (Å²) in [5, 5.41) is 6.29. The molecule has 2 aromatic rings. The van der Waals surface area contributed by atoms with Crippen LogP contribution in [0.25, 0.3) is 11.0 Å². The molecule has 0 bridgehead atoms. The van der Waals surface area contributed by atoms with Gasteiger partial charge in [-0.15, -0.1) is 0 Å². The highest BCUT2D eigenvalue weighted by atomic mass is 16.1. The maximum Gasteiger partial charge on any atom is 0.278 e. The minimum Gasteiger partial charge on any atom is -0.301 e. The molecule has 0 aliphatic heterocycles. The number of nitrogens with one attached hydrogen (secondary N) is 1. The number of aryl methyl sites for hydroxylation is 1. The molecule has 0 spiro atoms. The molecule has 2 rings (SSSR count). The molecule has 0 amide bonds. The van der Waals surface area contributed by atoms with Crippen molar-refractivity contribution in [2.75, 3.05) is 0 Å². The van der Waals surface area contributed by atoms with Crippen molar-refractivity contribution in [3.8, 4) is 0 Å². The van der Waals surface area contributed by atoms with Gasteiger partial charge in [0.05, 0.1) is 12.5 Å². The molecule has 0 aliphatic rings. The van der Waals surface area contributed by atoms with Crippen LogP contribution in [0.15, 0.2) is 17.3 Å². The minimum absolute atomic E-state index is 0.104. The molecule has 0 saturated carbocycles. The fraction of sp³-hybridized carbons (Fsp3) is 0.167. The minimum atomic E-state index is -0.104. The van der Waals surface area contributed by atoms with Gasteiger partial charge in [0.15, 0.2) is 0 Å². The van der Waals surface area contributed by atoms with Crippen molar-refractivity contribution in [3.63, 3.8) is 0 Å². The maximum absolute atomic E-state index is 11.2. The Balaban J connectivity index is 3.05. The predicted molar refractivity (Wildman–Crippen MR) is 39.1 cm³/mol. The number of hydrogen-bond donors (Lipinski definition) is 1. The number of rotatable bonds is 0. The standard InChI is InChI=1S/C6H6N4O/c1-10-3-7-4-2-8-9-5(4)6(10)11/h2-3H,1H3,(H,8,9). The van der Waals surface area contributed by atoms with E-state index in [2.05, 4.69) is 15.2 Å². The first-order chi connectivity index (χ1) is 5.29. The van der Waals surface area contributed by atoms with Gasteiger partial charge in [0, 0.05) is 7.05 Å². The van der Waals surface area contributed by atoms with E-state index in [0.29, 0.717) is 11.0 Å². The summed E-state index contributed by atoms with van der Waals surface area (Å²) in [5.41, 5.74) is 0.954. The molecule has 0 unspecified atom stereocenters. The number of fused-ring (bicyclic) bond motifs is 1. The average molecular weight is 150 g/mol. The number of aromatic nitrogens is 4. The number of hydrogen-bond acceptors (Lipinski definition) is 3. The zero-order valence-electron chi connectivity index (χ0n) is 5.90. The number of aromatic amines is 1. The van der Waals surface area contributed by atoms with Crippen LogP contribution in [0.2, 0.25) is 0 Å². The van der Waals surface area contributed by atoms with Crippen molar-refractivity contribution in [2.24, 2.45) is 7.05 Å². The molecule has 0 radical (unpaired) electrons. The summed E-state index contributed by atoms with van der Waals surface area (Å²) in [4.78, 5) is 15.2. The fourth-order valence-electron chi connectivity index (χ4n) is 0.913. The van der Waals surface area contributed by atoms with Gasteiger partial charge in [-0.05, 0) is 0 Å². The van der Waals surface area contributed by atoms with E-state index in [1.165, 1.54) is 17.1 Å². The quantitative estimate of drug-likeness (QED) is 0.558. The van der Waals surface area contributed by atoms with Gasteiger partial charge in [-0.25, -0.2) is 4.98 Å². The van der Waals surface area contributed by atoms with E-state index in [0.717, 1.165) is 0 Å². The molecule has 0 saturated heterocycles. The molecular weight excluding hydrogens is 144 g/mol. The van der Waals surface area contributed by atoms with Crippen LogP contribution in [0.3, 0.4) is 0 Å². The lowest BCUT2D eigenvalue weighted by Crippen LogP contribution is -2.16. The Morgan fingerprint density at radius 3 is 3.27 bits per heavy atom. The lowest BCUT2D eigenvalue weighted by atomic mass is 10.5. The van der Waals surface area contributed by atoms with Crippen LogP contribution in [0, 0.1) is 0 Å². The maximum atomic E-state index is 11.2. The molecule has 11 heavy (non-hydrogen) atoms. The Hall–Kier alpha value is -1.65. The van der Waals surface area contributed by atoms with E-state index in [1.807, 2.05) is 0 Å². The molecule has 0 aromatic carbocycles. The van der Waals surface area contributed by atoms with Crippen LogP contribution in [-0.4, -0.2) is 19.7 Å². The van der Waals surface area contributed by atoms with Gasteiger partial charge >= 0.3 is 0 Å². The van der Waals surface area contributed by atoms with E-state index in [4.69, 9.17) is 0 Å². The largest absolute Gasteiger partial charge is 0.301 e. The van der Waals surface area contributed by atoms with E-state index in [9.17, 15) is 4.79 Å². The Morgan fingerprint density at radius 2 is 2.45 bits per heavy atom. The first-order valence-electron chi connectivity index (χ1n) is 3.14. The van der Waals surface area contributed by atoms with E-state index in [-0.39, 0.29) is 5.56 Å². The van der Waals surface area contributed by atoms with Crippen LogP contribution >= 0.6 is 0 Å². The Bertz CT molecular complexity index is 441. The number of nitrogens with zero attached hydrogens (tertiary/aromatic N) is 3. The average Bonchev–Trinajstić information content (AvgIpc) is 2.45. The summed E-state index contributed by atoms with van der Waals surface area (Å²) < 4.78 is 1.40. The lowest BCUT2D eigenvalue weighted by molar-refractivity contribution is 0.839. The fourth-order valence-corrected chi connectivity index (χ4v) is 0.913. The van der Waals surface area contributed by atoms with Gasteiger partial charge in [-0.2, -0.15) is 5.10 Å². The van der Waals surface area contributed by atoms with E-state index in [1.54, 1.807) is 7.05 Å². The summed E-state index contributed by atoms with van der Waals surface area (Å²) >= 11 is 0. The first kappa shape index (κ1) is 6.09. The summed E-state index contributed by atoms with van der Waals surface area (Å²) in [7, 11) is 1.65. The molecular formula is C6H6N4O. The first-order valence-corrected chi connectivity index (χ1v) is 3.14. The van der Waals surface area contributed by atoms with Gasteiger partial charge in [-0.1, -0.05) is 0 Å². The van der Waals surface area contributed by atoms with Crippen LogP contribution in [0.5, 0.6) is 0 Å². The highest BCUT2D eigenvalue weighted by molar-refractivity contribution is 5.71. The van der Waals surface area contributed by atoms with Crippen molar-refractivity contribution >= 4 is 11.0 Å². The van der Waals surface area contributed by atoms with Gasteiger partial charge in [0.25, 0.3) is 5.56 Å². The summed E-state index contributed by atoms with van der Waals surface area (Å²) in [6.07, 6.45) is 3.00. The van der Waals surface area contributed by atoms with Crippen LogP contribution < -0.4 is 5.56 Å². The summed E-state index contributed by atoms with van der Waals surface area (Å²) in [6.45, 7) is 0. The predicted octanol–water partition coefficient (Wildman–Crippen LogP) is -0.343. The van der Waals surface area contributed by atoms with Crippen molar-refractivity contribution < 1.29 is 0 Å². The number of H-pyrrole nitrogens is 1. The Kier molecular flexibility index (Phi) is 1.06. The highest BCUT2D eigenvalue weighted by Gasteiger charge is 2.01. The summed E-state index contributed by atoms with van der Waals surface area (Å²) in [5.74, 6) is 0. The molecule has 0 fully saturated rings. The van der Waals surface area contributed by atoms with Gasteiger partial charge in [0.1, 0.15) is 11.0 Å². The second kappa shape index (κ2) is 1.91. The van der Waals surface area contributed by atoms with Gasteiger partial charge in [-0.3, -0.25) is 9.89 Å². The zero-order chi connectivity index (χ0) is 7.84. The van der Waals surface area contributed by atoms with Crippen LogP contribution in [0.4, 0.5) is 0 Å². The van der Waals surface area contributed by atoms with Crippen molar-refractivity contribution in [1.82, 2.24) is 19.7 Å². The molecule has 1 N–H and O–H groups in total. The monoisotopic (exact) mass is 150 g/mol. The van der Waals surface area contributed by atoms with Crippen LogP contribution in [-0.2, 0) is 7.05 Å². The van der Waals surface area contributed by atoms with Crippen molar-refractivity contribution in [1.29, 1.82) is 0 Å². The molecule has 56 valence electrons. The molecule has 2 heterocycles.